The molecular formula is C10H14ClN3OS. The Kier molecular flexibility index (Phi) is 4.26. The number of aromatic nitrogens is 2. The molecule has 16 heavy (non-hydrogen) atoms. The van der Waals surface area contributed by atoms with Gasteiger partial charge in [0.05, 0.1) is 0 Å². The molecule has 0 aliphatic carbocycles. The molecule has 1 aromatic rings. The number of hydrogen-bond donors (Lipinski definition) is 1. The summed E-state index contributed by atoms with van der Waals surface area (Å²) in [6, 6.07) is 1.66. The Balaban J connectivity index is 2.04. The molecule has 0 spiro atoms. The van der Waals surface area contributed by atoms with Crippen LogP contribution >= 0.6 is 23.4 Å². The van der Waals surface area contributed by atoms with Crippen LogP contribution in [0.4, 0.5) is 0 Å². The second kappa shape index (κ2) is 5.70. The van der Waals surface area contributed by atoms with Gasteiger partial charge in [-0.1, -0.05) is 23.4 Å². The summed E-state index contributed by atoms with van der Waals surface area (Å²) in [6.07, 6.45) is 4.30. The lowest BCUT2D eigenvalue weighted by Crippen LogP contribution is -2.37. The van der Waals surface area contributed by atoms with E-state index in [-0.39, 0.29) is 6.10 Å². The van der Waals surface area contributed by atoms with Crippen molar-refractivity contribution in [3.8, 4) is 5.88 Å². The Hall–Kier alpha value is -0.520. The molecule has 0 bridgehead atoms. The largest absolute Gasteiger partial charge is 0.473 e. The minimum atomic E-state index is 0.189. The molecule has 2 heterocycles. The van der Waals surface area contributed by atoms with Gasteiger partial charge in [-0.2, -0.15) is 4.98 Å². The van der Waals surface area contributed by atoms with E-state index in [2.05, 4.69) is 15.3 Å². The first-order chi connectivity index (χ1) is 7.78. The number of thioether (sulfide) groups is 1. The van der Waals surface area contributed by atoms with Crippen molar-refractivity contribution in [2.75, 3.05) is 19.3 Å². The zero-order valence-corrected chi connectivity index (χ0v) is 10.6. The van der Waals surface area contributed by atoms with E-state index in [0.29, 0.717) is 16.2 Å². The van der Waals surface area contributed by atoms with Crippen LogP contribution in [0.2, 0.25) is 5.15 Å². The van der Waals surface area contributed by atoms with Crippen LogP contribution in [-0.4, -0.2) is 35.4 Å². The fraction of sp³-hybridized carbons (Fsp3) is 0.600. The molecular weight excluding hydrogens is 246 g/mol. The molecule has 1 aliphatic heterocycles. The van der Waals surface area contributed by atoms with Crippen molar-refractivity contribution >= 4 is 23.4 Å². The second-order valence-electron chi connectivity index (χ2n) is 3.60. The first-order valence-electron chi connectivity index (χ1n) is 5.24. The lowest BCUT2D eigenvalue weighted by molar-refractivity contribution is 0.159. The van der Waals surface area contributed by atoms with E-state index in [0.717, 1.165) is 25.9 Å². The van der Waals surface area contributed by atoms with E-state index in [4.69, 9.17) is 16.3 Å². The lowest BCUT2D eigenvalue weighted by atomic mass is 10.1. The quantitative estimate of drug-likeness (QED) is 0.511. The van der Waals surface area contributed by atoms with E-state index in [1.165, 1.54) is 11.8 Å². The van der Waals surface area contributed by atoms with Gasteiger partial charge in [0.1, 0.15) is 11.3 Å². The number of ether oxygens (including phenoxy) is 1. The standard InChI is InChI=1S/C10H14ClN3OS/c1-16-10-13-8(11)5-9(14-10)15-7-3-2-4-12-6-7/h5,7,12H,2-4,6H2,1H3. The highest BCUT2D eigenvalue weighted by Crippen LogP contribution is 2.20. The molecule has 0 saturated carbocycles. The topological polar surface area (TPSA) is 47.0 Å². The fourth-order valence-corrected chi connectivity index (χ4v) is 2.21. The summed E-state index contributed by atoms with van der Waals surface area (Å²) in [7, 11) is 0. The van der Waals surface area contributed by atoms with Crippen molar-refractivity contribution in [2.45, 2.75) is 24.1 Å². The molecule has 1 saturated heterocycles. The predicted octanol–water partition coefficient (Wildman–Crippen LogP) is 1.98. The number of rotatable bonds is 3. The lowest BCUT2D eigenvalue weighted by Gasteiger charge is -2.23. The van der Waals surface area contributed by atoms with Crippen LogP contribution in [0.25, 0.3) is 0 Å². The number of piperidine rings is 1. The first-order valence-corrected chi connectivity index (χ1v) is 6.84. The third kappa shape index (κ3) is 3.23. The Morgan fingerprint density at radius 3 is 3.12 bits per heavy atom. The van der Waals surface area contributed by atoms with Gasteiger partial charge in [0.15, 0.2) is 5.16 Å². The molecule has 0 radical (unpaired) electrons. The molecule has 0 amide bonds. The smallest absolute Gasteiger partial charge is 0.219 e. The second-order valence-corrected chi connectivity index (χ2v) is 4.76. The third-order valence-corrected chi connectivity index (χ3v) is 3.11. The van der Waals surface area contributed by atoms with Gasteiger partial charge in [-0.3, -0.25) is 0 Å². The Labute approximate surface area is 104 Å². The SMILES string of the molecule is CSc1nc(Cl)cc(OC2CCCNC2)n1. The zero-order valence-electron chi connectivity index (χ0n) is 9.07. The maximum atomic E-state index is 5.89. The molecule has 1 N–H and O–H groups in total. The summed E-state index contributed by atoms with van der Waals surface area (Å²) in [5.41, 5.74) is 0. The molecule has 1 aliphatic rings. The van der Waals surface area contributed by atoms with Gasteiger partial charge in [-0.25, -0.2) is 4.98 Å². The highest BCUT2D eigenvalue weighted by Gasteiger charge is 2.15. The summed E-state index contributed by atoms with van der Waals surface area (Å²) in [5.74, 6) is 0.568. The van der Waals surface area contributed by atoms with Crippen molar-refractivity contribution < 1.29 is 4.74 Å². The average molecular weight is 260 g/mol. The highest BCUT2D eigenvalue weighted by molar-refractivity contribution is 7.98. The summed E-state index contributed by atoms with van der Waals surface area (Å²) in [6.45, 7) is 1.94. The number of hydrogen-bond acceptors (Lipinski definition) is 5. The monoisotopic (exact) mass is 259 g/mol. The van der Waals surface area contributed by atoms with E-state index in [9.17, 15) is 0 Å². The Morgan fingerprint density at radius 2 is 2.44 bits per heavy atom. The minimum Gasteiger partial charge on any atom is -0.473 e. The van der Waals surface area contributed by atoms with Gasteiger partial charge in [0, 0.05) is 12.6 Å². The van der Waals surface area contributed by atoms with Crippen molar-refractivity contribution in [1.29, 1.82) is 0 Å². The van der Waals surface area contributed by atoms with Crippen LogP contribution in [0.15, 0.2) is 11.2 Å². The van der Waals surface area contributed by atoms with Crippen molar-refractivity contribution in [3.05, 3.63) is 11.2 Å². The molecule has 1 unspecified atom stereocenters. The highest BCUT2D eigenvalue weighted by atomic mass is 35.5. The normalized spacial score (nSPS) is 20.8. The number of nitrogens with zero attached hydrogens (tertiary/aromatic N) is 2. The van der Waals surface area contributed by atoms with Crippen LogP contribution < -0.4 is 10.1 Å². The van der Waals surface area contributed by atoms with Crippen LogP contribution in [0.1, 0.15) is 12.8 Å². The summed E-state index contributed by atoms with van der Waals surface area (Å²) in [4.78, 5) is 8.33. The van der Waals surface area contributed by atoms with Crippen LogP contribution in [0, 0.1) is 0 Å². The van der Waals surface area contributed by atoms with Gasteiger partial charge in [-0.15, -0.1) is 0 Å². The van der Waals surface area contributed by atoms with Gasteiger partial charge in [0.25, 0.3) is 0 Å². The average Bonchev–Trinajstić information content (AvgIpc) is 2.29. The third-order valence-electron chi connectivity index (χ3n) is 2.37. The van der Waals surface area contributed by atoms with E-state index in [1.54, 1.807) is 6.07 Å². The van der Waals surface area contributed by atoms with E-state index in [1.807, 2.05) is 6.26 Å². The fourth-order valence-electron chi connectivity index (χ4n) is 1.62. The molecule has 0 aromatic carbocycles. The van der Waals surface area contributed by atoms with Crippen LogP contribution in [-0.2, 0) is 0 Å². The first kappa shape index (κ1) is 12.0. The minimum absolute atomic E-state index is 0.189. The zero-order chi connectivity index (χ0) is 11.4. The Bertz CT molecular complexity index is 358. The van der Waals surface area contributed by atoms with E-state index >= 15 is 0 Å². The maximum Gasteiger partial charge on any atom is 0.219 e. The maximum absolute atomic E-state index is 5.89. The van der Waals surface area contributed by atoms with Gasteiger partial charge in [0.2, 0.25) is 5.88 Å². The van der Waals surface area contributed by atoms with E-state index < -0.39 is 0 Å². The van der Waals surface area contributed by atoms with Crippen molar-refractivity contribution in [1.82, 2.24) is 15.3 Å². The van der Waals surface area contributed by atoms with Crippen LogP contribution in [0.5, 0.6) is 5.88 Å². The molecule has 88 valence electrons. The molecule has 1 aromatic heterocycles. The van der Waals surface area contributed by atoms with Gasteiger partial charge < -0.3 is 10.1 Å². The van der Waals surface area contributed by atoms with Gasteiger partial charge in [-0.05, 0) is 25.6 Å². The number of halogens is 1. The Morgan fingerprint density at radius 1 is 1.56 bits per heavy atom. The molecule has 1 fully saturated rings. The van der Waals surface area contributed by atoms with Crippen molar-refractivity contribution in [3.63, 3.8) is 0 Å². The summed E-state index contributed by atoms with van der Waals surface area (Å²) >= 11 is 7.34. The van der Waals surface area contributed by atoms with Crippen LogP contribution in [0.3, 0.4) is 0 Å². The van der Waals surface area contributed by atoms with Gasteiger partial charge >= 0.3 is 0 Å². The van der Waals surface area contributed by atoms with Crippen molar-refractivity contribution in [2.24, 2.45) is 0 Å². The molecule has 2 rings (SSSR count). The number of nitrogens with one attached hydrogen (secondary N) is 1. The summed E-state index contributed by atoms with van der Waals surface area (Å²) < 4.78 is 5.77. The molecule has 4 nitrogen and oxygen atoms in total. The predicted molar refractivity (Wildman–Crippen MR) is 65.3 cm³/mol. The summed E-state index contributed by atoms with van der Waals surface area (Å²) in [5, 5.41) is 4.37. The molecule has 6 heteroatoms. The molecule has 1 atom stereocenters.